The number of terminal acetylenes is 1. The molecule has 0 saturated carbocycles. The highest BCUT2D eigenvalue weighted by molar-refractivity contribution is 5.90. The maximum absolute atomic E-state index is 11.8. The van der Waals surface area contributed by atoms with Crippen LogP contribution in [-0.4, -0.2) is 34.8 Å². The van der Waals surface area contributed by atoms with Crippen LogP contribution in [0.15, 0.2) is 42.7 Å². The Kier molecular flexibility index (Phi) is 5.32. The van der Waals surface area contributed by atoms with E-state index in [1.54, 1.807) is 10.9 Å². The van der Waals surface area contributed by atoms with Gasteiger partial charge in [0.15, 0.2) is 6.61 Å². The van der Waals surface area contributed by atoms with Gasteiger partial charge in [-0.3, -0.25) is 9.48 Å². The highest BCUT2D eigenvalue weighted by Crippen LogP contribution is 2.05. The second-order valence-electron chi connectivity index (χ2n) is 4.47. The Morgan fingerprint density at radius 3 is 2.82 bits per heavy atom. The first-order valence-electron chi connectivity index (χ1n) is 6.62. The molecular weight excluding hydrogens is 282 g/mol. The number of rotatable bonds is 6. The number of hydrogen-bond donors (Lipinski definition) is 1. The smallest absolute Gasteiger partial charge is 0.341 e. The van der Waals surface area contributed by atoms with Gasteiger partial charge in [-0.2, -0.15) is 5.10 Å². The van der Waals surface area contributed by atoms with Crippen LogP contribution in [0.4, 0.5) is 0 Å². The maximum Gasteiger partial charge on any atom is 0.341 e. The summed E-state index contributed by atoms with van der Waals surface area (Å²) in [4.78, 5) is 23.1. The monoisotopic (exact) mass is 297 g/mol. The van der Waals surface area contributed by atoms with Gasteiger partial charge in [-0.1, -0.05) is 36.3 Å². The minimum atomic E-state index is -0.602. The molecule has 22 heavy (non-hydrogen) atoms. The molecule has 0 atom stereocenters. The fourth-order valence-electron chi connectivity index (χ4n) is 1.74. The molecule has 0 radical (unpaired) electrons. The van der Waals surface area contributed by atoms with Gasteiger partial charge in [0, 0.05) is 6.20 Å². The van der Waals surface area contributed by atoms with Crippen molar-refractivity contribution in [3.63, 3.8) is 0 Å². The molecule has 1 aromatic heterocycles. The normalized spacial score (nSPS) is 9.77. The summed E-state index contributed by atoms with van der Waals surface area (Å²) in [6, 6.07) is 9.73. The third-order valence-corrected chi connectivity index (χ3v) is 2.78. The third-order valence-electron chi connectivity index (χ3n) is 2.78. The van der Waals surface area contributed by atoms with Crippen molar-refractivity contribution in [3.05, 3.63) is 53.9 Å². The van der Waals surface area contributed by atoms with Crippen LogP contribution in [0.1, 0.15) is 15.9 Å². The van der Waals surface area contributed by atoms with E-state index >= 15 is 0 Å². The number of aromatic nitrogens is 2. The summed E-state index contributed by atoms with van der Waals surface area (Å²) in [6.07, 6.45) is 7.99. The number of benzene rings is 1. The molecule has 2 aromatic rings. The summed E-state index contributed by atoms with van der Waals surface area (Å²) in [5.74, 6) is 1.22. The Balaban J connectivity index is 1.87. The summed E-state index contributed by atoms with van der Waals surface area (Å²) in [7, 11) is 0. The number of nitrogens with one attached hydrogen (secondary N) is 1. The highest BCUT2D eigenvalue weighted by Gasteiger charge is 2.12. The van der Waals surface area contributed by atoms with Crippen molar-refractivity contribution in [2.45, 2.75) is 6.54 Å². The van der Waals surface area contributed by atoms with Crippen LogP contribution in [0.25, 0.3) is 0 Å². The second kappa shape index (κ2) is 7.64. The fourth-order valence-corrected chi connectivity index (χ4v) is 1.74. The molecule has 1 N–H and O–H groups in total. The maximum atomic E-state index is 11.8. The number of esters is 1. The van der Waals surface area contributed by atoms with Crippen LogP contribution in [0, 0.1) is 12.3 Å². The van der Waals surface area contributed by atoms with Gasteiger partial charge in [-0.25, -0.2) is 4.79 Å². The van der Waals surface area contributed by atoms with Gasteiger partial charge >= 0.3 is 5.97 Å². The van der Waals surface area contributed by atoms with Gasteiger partial charge in [0.25, 0.3) is 5.91 Å². The molecule has 0 aliphatic carbocycles. The summed E-state index contributed by atoms with van der Waals surface area (Å²) in [5, 5.41) is 6.50. The lowest BCUT2D eigenvalue weighted by molar-refractivity contribution is -0.123. The van der Waals surface area contributed by atoms with Gasteiger partial charge in [-0.05, 0) is 5.56 Å². The lowest BCUT2D eigenvalue weighted by atomic mass is 10.2. The molecule has 0 unspecified atom stereocenters. The first-order valence-corrected chi connectivity index (χ1v) is 6.62. The number of amides is 1. The van der Waals surface area contributed by atoms with Crippen molar-refractivity contribution in [2.75, 3.05) is 13.2 Å². The van der Waals surface area contributed by atoms with Crippen molar-refractivity contribution < 1.29 is 14.3 Å². The van der Waals surface area contributed by atoms with Gasteiger partial charge in [-0.15, -0.1) is 6.42 Å². The molecule has 2 rings (SSSR count). The Morgan fingerprint density at radius 2 is 2.09 bits per heavy atom. The van der Waals surface area contributed by atoms with Crippen LogP contribution in [0.2, 0.25) is 0 Å². The molecule has 1 heterocycles. The molecule has 0 aliphatic rings. The Morgan fingerprint density at radius 1 is 1.32 bits per heavy atom. The van der Waals surface area contributed by atoms with E-state index in [4.69, 9.17) is 11.2 Å². The van der Waals surface area contributed by atoms with E-state index in [2.05, 4.69) is 16.3 Å². The summed E-state index contributed by atoms with van der Waals surface area (Å²) < 4.78 is 6.51. The Hall–Kier alpha value is -3.07. The highest BCUT2D eigenvalue weighted by atomic mass is 16.5. The second-order valence-corrected chi connectivity index (χ2v) is 4.47. The first kappa shape index (κ1) is 15.3. The summed E-state index contributed by atoms with van der Waals surface area (Å²) >= 11 is 0. The van der Waals surface area contributed by atoms with Crippen LogP contribution in [0.5, 0.6) is 0 Å². The van der Waals surface area contributed by atoms with Crippen molar-refractivity contribution >= 4 is 11.9 Å². The largest absolute Gasteiger partial charge is 0.452 e. The summed E-state index contributed by atoms with van der Waals surface area (Å²) in [5.41, 5.74) is 1.36. The molecule has 112 valence electrons. The number of carbonyl (C=O) groups excluding carboxylic acids is 2. The zero-order valence-corrected chi connectivity index (χ0v) is 11.9. The van der Waals surface area contributed by atoms with E-state index in [9.17, 15) is 9.59 Å². The average Bonchev–Trinajstić information content (AvgIpc) is 3.00. The van der Waals surface area contributed by atoms with E-state index in [1.807, 2.05) is 30.3 Å². The predicted octanol–water partition coefficient (Wildman–Crippen LogP) is 0.838. The molecule has 6 nitrogen and oxygen atoms in total. The van der Waals surface area contributed by atoms with Gasteiger partial charge in [0.1, 0.15) is 0 Å². The fraction of sp³-hybridized carbons (Fsp3) is 0.188. The molecule has 0 spiro atoms. The third kappa shape index (κ3) is 4.49. The van der Waals surface area contributed by atoms with Gasteiger partial charge in [0.2, 0.25) is 0 Å². The molecule has 0 fully saturated rings. The van der Waals surface area contributed by atoms with Crippen LogP contribution < -0.4 is 5.32 Å². The molecular formula is C16H15N3O3. The van der Waals surface area contributed by atoms with Crippen molar-refractivity contribution in [3.8, 4) is 12.3 Å². The van der Waals surface area contributed by atoms with Crippen LogP contribution in [0.3, 0.4) is 0 Å². The van der Waals surface area contributed by atoms with Crippen molar-refractivity contribution in [2.24, 2.45) is 0 Å². The molecule has 6 heteroatoms. The standard InChI is InChI=1S/C16H15N3O3/c1-2-8-17-15(20)12-22-16(21)14-9-18-19(11-14)10-13-6-4-3-5-7-13/h1,3-7,9,11H,8,10,12H2,(H,17,20). The predicted molar refractivity (Wildman–Crippen MR) is 79.9 cm³/mol. The van der Waals surface area contributed by atoms with Crippen molar-refractivity contribution in [1.82, 2.24) is 15.1 Å². The molecule has 0 aliphatic heterocycles. The van der Waals surface area contributed by atoms with E-state index in [0.29, 0.717) is 12.1 Å². The Bertz CT molecular complexity index is 686. The summed E-state index contributed by atoms with van der Waals surface area (Å²) in [6.45, 7) is 0.284. The van der Waals surface area contributed by atoms with E-state index in [-0.39, 0.29) is 13.2 Å². The average molecular weight is 297 g/mol. The number of nitrogens with zero attached hydrogens (tertiary/aromatic N) is 2. The van der Waals surface area contributed by atoms with E-state index in [1.165, 1.54) is 6.20 Å². The molecule has 0 saturated heterocycles. The topological polar surface area (TPSA) is 73.2 Å². The molecule has 1 aromatic carbocycles. The number of ether oxygens (including phenoxy) is 1. The quantitative estimate of drug-likeness (QED) is 0.633. The Labute approximate surface area is 128 Å². The van der Waals surface area contributed by atoms with Gasteiger partial charge in [0.05, 0.1) is 24.8 Å². The zero-order valence-electron chi connectivity index (χ0n) is 11.9. The lowest BCUT2D eigenvalue weighted by Gasteiger charge is -2.03. The minimum Gasteiger partial charge on any atom is -0.452 e. The van der Waals surface area contributed by atoms with Crippen LogP contribution in [-0.2, 0) is 16.1 Å². The zero-order chi connectivity index (χ0) is 15.8. The number of hydrogen-bond acceptors (Lipinski definition) is 4. The van der Waals surface area contributed by atoms with Crippen LogP contribution >= 0.6 is 0 Å². The SMILES string of the molecule is C#CCNC(=O)COC(=O)c1cnn(Cc2ccccc2)c1. The lowest BCUT2D eigenvalue weighted by Crippen LogP contribution is -2.28. The minimum absolute atomic E-state index is 0.103. The van der Waals surface area contributed by atoms with Gasteiger partial charge < -0.3 is 10.1 Å². The first-order chi connectivity index (χ1) is 10.7. The molecule has 0 bridgehead atoms. The number of carbonyl (C=O) groups is 2. The molecule has 1 amide bonds. The van der Waals surface area contributed by atoms with E-state index in [0.717, 1.165) is 5.56 Å². The van der Waals surface area contributed by atoms with E-state index < -0.39 is 11.9 Å². The van der Waals surface area contributed by atoms with Crippen molar-refractivity contribution in [1.29, 1.82) is 0 Å².